The molecular formula is C25H29N3O4. The highest BCUT2D eigenvalue weighted by atomic mass is 16.5. The van der Waals surface area contributed by atoms with Gasteiger partial charge in [0, 0.05) is 23.2 Å². The molecule has 0 spiro atoms. The fraction of sp³-hybridized carbons (Fsp3) is 0.320. The summed E-state index contributed by atoms with van der Waals surface area (Å²) in [7, 11) is 0. The molecule has 0 saturated heterocycles. The Morgan fingerprint density at radius 2 is 1.62 bits per heavy atom. The van der Waals surface area contributed by atoms with Crippen LogP contribution in [0.15, 0.2) is 54.6 Å². The van der Waals surface area contributed by atoms with Gasteiger partial charge in [0.25, 0.3) is 11.8 Å². The van der Waals surface area contributed by atoms with Crippen LogP contribution in [0.2, 0.25) is 0 Å². The van der Waals surface area contributed by atoms with Crippen LogP contribution in [0.5, 0.6) is 5.75 Å². The van der Waals surface area contributed by atoms with E-state index in [0.717, 1.165) is 37.0 Å². The highest BCUT2D eigenvalue weighted by Gasteiger charge is 2.21. The van der Waals surface area contributed by atoms with E-state index in [0.29, 0.717) is 17.9 Å². The largest absolute Gasteiger partial charge is 0.494 e. The van der Waals surface area contributed by atoms with Gasteiger partial charge in [0.05, 0.1) is 6.61 Å². The summed E-state index contributed by atoms with van der Waals surface area (Å²) in [5, 5.41) is 2.91. The number of amides is 3. The zero-order valence-electron chi connectivity index (χ0n) is 18.2. The minimum Gasteiger partial charge on any atom is -0.494 e. The Kier molecular flexibility index (Phi) is 8.43. The lowest BCUT2D eigenvalue weighted by Crippen LogP contribution is -2.40. The summed E-state index contributed by atoms with van der Waals surface area (Å²) >= 11 is 0. The fourth-order valence-corrected chi connectivity index (χ4v) is 3.56. The Morgan fingerprint density at radius 1 is 0.938 bits per heavy atom. The van der Waals surface area contributed by atoms with Crippen LogP contribution in [0.3, 0.4) is 0 Å². The van der Waals surface area contributed by atoms with Gasteiger partial charge in [-0.05, 0) is 67.8 Å². The summed E-state index contributed by atoms with van der Waals surface area (Å²) in [5.41, 5.74) is 6.59. The number of anilines is 1. The van der Waals surface area contributed by atoms with E-state index in [1.165, 1.54) is 12.5 Å². The average molecular weight is 436 g/mol. The first-order valence-corrected chi connectivity index (χ1v) is 11.0. The predicted octanol–water partition coefficient (Wildman–Crippen LogP) is 4.08. The first-order valence-electron chi connectivity index (χ1n) is 11.0. The van der Waals surface area contributed by atoms with Crippen LogP contribution in [-0.4, -0.2) is 24.3 Å². The molecule has 3 rings (SSSR count). The van der Waals surface area contributed by atoms with E-state index in [2.05, 4.69) is 16.2 Å². The van der Waals surface area contributed by atoms with Crippen molar-refractivity contribution in [3.8, 4) is 5.75 Å². The van der Waals surface area contributed by atoms with Crippen molar-refractivity contribution in [1.29, 1.82) is 0 Å². The van der Waals surface area contributed by atoms with Gasteiger partial charge in [0.15, 0.2) is 0 Å². The van der Waals surface area contributed by atoms with Gasteiger partial charge in [-0.2, -0.15) is 0 Å². The molecule has 1 fully saturated rings. The van der Waals surface area contributed by atoms with Gasteiger partial charge in [0.2, 0.25) is 5.91 Å². The molecule has 0 atom stereocenters. The number of ether oxygens (including phenoxy) is 1. The molecule has 7 heteroatoms. The van der Waals surface area contributed by atoms with Crippen LogP contribution in [0.25, 0.3) is 6.08 Å². The number of rotatable bonds is 7. The molecule has 7 nitrogen and oxygen atoms in total. The zero-order chi connectivity index (χ0) is 22.8. The summed E-state index contributed by atoms with van der Waals surface area (Å²) in [6, 6.07) is 13.9. The van der Waals surface area contributed by atoms with Crippen LogP contribution < -0.4 is 20.9 Å². The molecule has 168 valence electrons. The lowest BCUT2D eigenvalue weighted by atomic mass is 9.88. The van der Waals surface area contributed by atoms with Gasteiger partial charge in [0.1, 0.15) is 5.75 Å². The second-order valence-corrected chi connectivity index (χ2v) is 7.68. The Morgan fingerprint density at radius 3 is 2.28 bits per heavy atom. The molecule has 2 aromatic carbocycles. The quantitative estimate of drug-likeness (QED) is 0.451. The van der Waals surface area contributed by atoms with Gasteiger partial charge in [-0.15, -0.1) is 0 Å². The van der Waals surface area contributed by atoms with Crippen LogP contribution in [0.1, 0.15) is 54.9 Å². The van der Waals surface area contributed by atoms with Crippen LogP contribution in [0, 0.1) is 5.92 Å². The standard InChI is InChI=1S/C25H29N3O4/c1-2-32-22-15-8-18(9-16-22)10-17-23(29)27-28-25(31)20-11-13-21(14-12-20)26-24(30)19-6-4-3-5-7-19/h8-17,19H,2-7H2,1H3,(H,26,30)(H,27,29)(H,28,31)/b17-10+. The summed E-state index contributed by atoms with van der Waals surface area (Å²) in [6.07, 6.45) is 8.22. The normalized spacial score (nSPS) is 14.0. The van der Waals surface area contributed by atoms with Crippen molar-refractivity contribution < 1.29 is 19.1 Å². The zero-order valence-corrected chi connectivity index (χ0v) is 18.2. The van der Waals surface area contributed by atoms with Gasteiger partial charge in [-0.25, -0.2) is 0 Å². The predicted molar refractivity (Wildman–Crippen MR) is 124 cm³/mol. The maximum Gasteiger partial charge on any atom is 0.269 e. The van der Waals surface area contributed by atoms with Gasteiger partial charge in [-0.1, -0.05) is 31.4 Å². The number of hydrazine groups is 1. The topological polar surface area (TPSA) is 96.5 Å². The second kappa shape index (κ2) is 11.7. The van der Waals surface area contributed by atoms with Crippen molar-refractivity contribution in [2.24, 2.45) is 5.92 Å². The third-order valence-electron chi connectivity index (χ3n) is 5.31. The summed E-state index contributed by atoms with van der Waals surface area (Å²) in [5.74, 6) is -0.0337. The Balaban J connectivity index is 1.44. The summed E-state index contributed by atoms with van der Waals surface area (Å²) < 4.78 is 5.38. The molecule has 0 unspecified atom stereocenters. The van der Waals surface area contributed by atoms with Gasteiger partial charge < -0.3 is 10.1 Å². The van der Waals surface area contributed by atoms with Crippen LogP contribution >= 0.6 is 0 Å². The van der Waals surface area contributed by atoms with E-state index in [-0.39, 0.29) is 11.8 Å². The van der Waals surface area contributed by atoms with E-state index < -0.39 is 11.8 Å². The molecule has 1 aliphatic rings. The van der Waals surface area contributed by atoms with E-state index in [4.69, 9.17) is 4.74 Å². The molecule has 0 aromatic heterocycles. The highest BCUT2D eigenvalue weighted by Crippen LogP contribution is 2.25. The molecule has 0 radical (unpaired) electrons. The lowest BCUT2D eigenvalue weighted by Gasteiger charge is -2.20. The Hall–Kier alpha value is -3.61. The van der Waals surface area contributed by atoms with Crippen molar-refractivity contribution >= 4 is 29.5 Å². The maximum atomic E-state index is 12.3. The van der Waals surface area contributed by atoms with E-state index >= 15 is 0 Å². The summed E-state index contributed by atoms with van der Waals surface area (Å²) in [6.45, 7) is 2.51. The lowest BCUT2D eigenvalue weighted by molar-refractivity contribution is -0.120. The number of benzene rings is 2. The van der Waals surface area contributed by atoms with E-state index in [9.17, 15) is 14.4 Å². The Bertz CT molecular complexity index is 946. The van der Waals surface area contributed by atoms with Crippen LogP contribution in [0.4, 0.5) is 5.69 Å². The van der Waals surface area contributed by atoms with Gasteiger partial charge >= 0.3 is 0 Å². The first-order chi connectivity index (χ1) is 15.5. The molecule has 0 heterocycles. The number of carbonyl (C=O) groups is 3. The molecule has 32 heavy (non-hydrogen) atoms. The average Bonchev–Trinajstić information content (AvgIpc) is 2.83. The fourth-order valence-electron chi connectivity index (χ4n) is 3.56. The molecule has 1 saturated carbocycles. The Labute approximate surface area is 188 Å². The highest BCUT2D eigenvalue weighted by molar-refractivity contribution is 5.98. The minimum absolute atomic E-state index is 0.0356. The number of hydrogen-bond acceptors (Lipinski definition) is 4. The molecule has 3 amide bonds. The van der Waals surface area contributed by atoms with Crippen molar-refractivity contribution in [2.75, 3.05) is 11.9 Å². The molecule has 2 aromatic rings. The number of nitrogens with one attached hydrogen (secondary N) is 3. The van der Waals surface area contributed by atoms with Crippen molar-refractivity contribution in [3.63, 3.8) is 0 Å². The second-order valence-electron chi connectivity index (χ2n) is 7.68. The van der Waals surface area contributed by atoms with Crippen molar-refractivity contribution in [3.05, 3.63) is 65.7 Å². The number of hydrogen-bond donors (Lipinski definition) is 3. The minimum atomic E-state index is -0.455. The SMILES string of the molecule is CCOc1ccc(/C=C/C(=O)NNC(=O)c2ccc(NC(=O)C3CCCCC3)cc2)cc1. The van der Waals surface area contributed by atoms with Crippen molar-refractivity contribution in [2.45, 2.75) is 39.0 Å². The van der Waals surface area contributed by atoms with Crippen molar-refractivity contribution in [1.82, 2.24) is 10.9 Å². The maximum absolute atomic E-state index is 12.3. The van der Waals surface area contributed by atoms with E-state index in [1.54, 1.807) is 30.3 Å². The summed E-state index contributed by atoms with van der Waals surface area (Å²) in [4.78, 5) is 36.5. The van der Waals surface area contributed by atoms with E-state index in [1.807, 2.05) is 31.2 Å². The first kappa shape index (κ1) is 23.1. The molecule has 3 N–H and O–H groups in total. The molecular weight excluding hydrogens is 406 g/mol. The molecule has 0 bridgehead atoms. The molecule has 1 aliphatic carbocycles. The van der Waals surface area contributed by atoms with Gasteiger partial charge in [-0.3, -0.25) is 25.2 Å². The smallest absolute Gasteiger partial charge is 0.269 e. The third-order valence-corrected chi connectivity index (χ3v) is 5.31. The van der Waals surface area contributed by atoms with Crippen LogP contribution in [-0.2, 0) is 9.59 Å². The molecule has 0 aliphatic heterocycles. The third kappa shape index (κ3) is 6.97. The number of carbonyl (C=O) groups excluding carboxylic acids is 3. The monoisotopic (exact) mass is 435 g/mol.